The third-order valence-electron chi connectivity index (χ3n) is 3.75. The Labute approximate surface area is 123 Å². The minimum atomic E-state index is -0.122. The highest BCUT2D eigenvalue weighted by Gasteiger charge is 2.20. The van der Waals surface area contributed by atoms with Gasteiger partial charge in [-0.15, -0.1) is 0 Å². The predicted octanol–water partition coefficient (Wildman–Crippen LogP) is 2.61. The van der Waals surface area contributed by atoms with Crippen LogP contribution in [0.5, 0.6) is 0 Å². The van der Waals surface area contributed by atoms with Gasteiger partial charge in [-0.3, -0.25) is 4.79 Å². The number of aryl methyl sites for hydroxylation is 1. The molecule has 0 saturated heterocycles. The summed E-state index contributed by atoms with van der Waals surface area (Å²) in [6.07, 6.45) is 6.46. The molecular formula is C16H20N4O. The molecular weight excluding hydrogens is 264 g/mol. The lowest BCUT2D eigenvalue weighted by Gasteiger charge is -2.06. The van der Waals surface area contributed by atoms with E-state index in [2.05, 4.69) is 20.3 Å². The minimum absolute atomic E-state index is 0.122. The lowest BCUT2D eigenvalue weighted by molar-refractivity contribution is 0.758. The quantitative estimate of drug-likeness (QED) is 0.855. The second-order valence-corrected chi connectivity index (χ2v) is 5.53. The molecule has 1 fully saturated rings. The summed E-state index contributed by atoms with van der Waals surface area (Å²) in [5.74, 6) is 2.37. The average molecular weight is 284 g/mol. The van der Waals surface area contributed by atoms with E-state index >= 15 is 0 Å². The fourth-order valence-electron chi connectivity index (χ4n) is 2.28. The first kappa shape index (κ1) is 13.8. The van der Waals surface area contributed by atoms with Crippen LogP contribution in [0, 0.1) is 5.92 Å². The van der Waals surface area contributed by atoms with Gasteiger partial charge in [-0.1, -0.05) is 19.8 Å². The van der Waals surface area contributed by atoms with E-state index in [0.717, 1.165) is 36.0 Å². The number of aromatic nitrogens is 3. The second-order valence-electron chi connectivity index (χ2n) is 5.53. The number of hydrogen-bond acceptors (Lipinski definition) is 4. The molecule has 2 N–H and O–H groups in total. The zero-order valence-corrected chi connectivity index (χ0v) is 12.2. The van der Waals surface area contributed by atoms with Crippen molar-refractivity contribution < 1.29 is 0 Å². The molecule has 2 heterocycles. The van der Waals surface area contributed by atoms with Gasteiger partial charge in [0.15, 0.2) is 0 Å². The van der Waals surface area contributed by atoms with Crippen molar-refractivity contribution in [3.63, 3.8) is 0 Å². The van der Waals surface area contributed by atoms with Crippen molar-refractivity contribution in [1.29, 1.82) is 0 Å². The van der Waals surface area contributed by atoms with E-state index in [9.17, 15) is 4.79 Å². The molecule has 0 aromatic carbocycles. The zero-order valence-electron chi connectivity index (χ0n) is 12.2. The Hall–Kier alpha value is -2.17. The number of H-pyrrole nitrogens is 1. The molecule has 0 radical (unpaired) electrons. The number of nitrogens with zero attached hydrogens (tertiary/aromatic N) is 2. The number of hydrogen-bond donors (Lipinski definition) is 2. The highest BCUT2D eigenvalue weighted by Crippen LogP contribution is 2.32. The maximum atomic E-state index is 11.6. The summed E-state index contributed by atoms with van der Waals surface area (Å²) in [6.45, 7) is 2.95. The molecule has 2 aromatic heterocycles. The van der Waals surface area contributed by atoms with E-state index in [1.54, 1.807) is 6.20 Å². The number of aromatic amines is 1. The van der Waals surface area contributed by atoms with Crippen molar-refractivity contribution >= 4 is 5.82 Å². The van der Waals surface area contributed by atoms with Crippen molar-refractivity contribution in [2.75, 3.05) is 11.9 Å². The highest BCUT2D eigenvalue weighted by atomic mass is 16.1. The number of pyridine rings is 1. The van der Waals surface area contributed by atoms with E-state index < -0.39 is 0 Å². The molecule has 2 aromatic rings. The standard InChI is InChI=1S/C16H20N4O/c1-2-13-9-15(21)20-16(19-13)12-5-6-14(18-10-12)17-8-7-11-3-4-11/h5-6,9-11H,2-4,7-8H2,1H3,(H,17,18)(H,19,20,21). The fraction of sp³-hybridized carbons (Fsp3) is 0.438. The van der Waals surface area contributed by atoms with Crippen LogP contribution in [0.4, 0.5) is 5.82 Å². The van der Waals surface area contributed by atoms with Crippen molar-refractivity contribution in [3.05, 3.63) is 40.4 Å². The molecule has 0 spiro atoms. The van der Waals surface area contributed by atoms with Crippen LogP contribution in [0.15, 0.2) is 29.2 Å². The van der Waals surface area contributed by atoms with Gasteiger partial charge in [0, 0.05) is 30.1 Å². The molecule has 0 amide bonds. The lowest BCUT2D eigenvalue weighted by atomic mass is 10.2. The van der Waals surface area contributed by atoms with Crippen LogP contribution >= 0.6 is 0 Å². The van der Waals surface area contributed by atoms with Gasteiger partial charge in [-0.05, 0) is 30.9 Å². The SMILES string of the molecule is CCc1cc(=O)[nH]c(-c2ccc(NCCC3CC3)nc2)n1. The van der Waals surface area contributed by atoms with Crippen molar-refractivity contribution in [3.8, 4) is 11.4 Å². The lowest BCUT2D eigenvalue weighted by Crippen LogP contribution is -2.10. The Balaban J connectivity index is 1.70. The first-order valence-electron chi connectivity index (χ1n) is 7.55. The molecule has 1 aliphatic carbocycles. The molecule has 0 bridgehead atoms. The topological polar surface area (TPSA) is 70.7 Å². The molecule has 1 saturated carbocycles. The molecule has 0 aliphatic heterocycles. The van der Waals surface area contributed by atoms with E-state index in [0.29, 0.717) is 5.82 Å². The first-order chi connectivity index (χ1) is 10.2. The van der Waals surface area contributed by atoms with Gasteiger partial charge in [0.1, 0.15) is 11.6 Å². The molecule has 3 rings (SSSR count). The van der Waals surface area contributed by atoms with Gasteiger partial charge >= 0.3 is 0 Å². The Morgan fingerprint density at radius 1 is 1.38 bits per heavy atom. The molecule has 0 atom stereocenters. The summed E-state index contributed by atoms with van der Waals surface area (Å²) in [4.78, 5) is 23.2. The maximum absolute atomic E-state index is 11.6. The number of rotatable bonds is 6. The van der Waals surface area contributed by atoms with Crippen molar-refractivity contribution in [2.45, 2.75) is 32.6 Å². The minimum Gasteiger partial charge on any atom is -0.370 e. The summed E-state index contributed by atoms with van der Waals surface area (Å²) in [5.41, 5.74) is 1.50. The van der Waals surface area contributed by atoms with Gasteiger partial charge in [0.2, 0.25) is 0 Å². The van der Waals surface area contributed by atoms with Crippen LogP contribution in [-0.2, 0) is 6.42 Å². The molecule has 110 valence electrons. The second kappa shape index (κ2) is 6.08. The fourth-order valence-corrected chi connectivity index (χ4v) is 2.28. The number of anilines is 1. The van der Waals surface area contributed by atoms with Gasteiger partial charge in [0.05, 0.1) is 0 Å². The van der Waals surface area contributed by atoms with Crippen molar-refractivity contribution in [1.82, 2.24) is 15.0 Å². The highest BCUT2D eigenvalue weighted by molar-refractivity contribution is 5.55. The van der Waals surface area contributed by atoms with Crippen molar-refractivity contribution in [2.24, 2.45) is 5.92 Å². The van der Waals surface area contributed by atoms with Gasteiger partial charge in [0.25, 0.3) is 5.56 Å². The molecule has 21 heavy (non-hydrogen) atoms. The normalized spacial score (nSPS) is 14.1. The summed E-state index contributed by atoms with van der Waals surface area (Å²) >= 11 is 0. The van der Waals surface area contributed by atoms with E-state index in [1.165, 1.54) is 25.3 Å². The average Bonchev–Trinajstić information content (AvgIpc) is 3.31. The monoisotopic (exact) mass is 284 g/mol. The molecule has 0 unspecified atom stereocenters. The summed E-state index contributed by atoms with van der Waals surface area (Å²) < 4.78 is 0. The molecule has 5 nitrogen and oxygen atoms in total. The Morgan fingerprint density at radius 2 is 2.24 bits per heavy atom. The predicted molar refractivity (Wildman–Crippen MR) is 83.3 cm³/mol. The van der Waals surface area contributed by atoms with E-state index in [4.69, 9.17) is 0 Å². The van der Waals surface area contributed by atoms with Crippen LogP contribution in [-0.4, -0.2) is 21.5 Å². The smallest absolute Gasteiger partial charge is 0.251 e. The van der Waals surface area contributed by atoms with E-state index in [1.807, 2.05) is 19.1 Å². The van der Waals surface area contributed by atoms with Gasteiger partial charge in [-0.2, -0.15) is 0 Å². The van der Waals surface area contributed by atoms with Crippen LogP contribution in [0.25, 0.3) is 11.4 Å². The third-order valence-corrected chi connectivity index (χ3v) is 3.75. The molecule has 5 heteroatoms. The van der Waals surface area contributed by atoms with Gasteiger partial charge in [-0.25, -0.2) is 9.97 Å². The first-order valence-corrected chi connectivity index (χ1v) is 7.55. The Kier molecular flexibility index (Phi) is 3.99. The van der Waals surface area contributed by atoms with E-state index in [-0.39, 0.29) is 5.56 Å². The Morgan fingerprint density at radius 3 is 2.90 bits per heavy atom. The summed E-state index contributed by atoms with van der Waals surface area (Å²) in [5, 5.41) is 3.33. The largest absolute Gasteiger partial charge is 0.370 e. The third kappa shape index (κ3) is 3.68. The molecule has 1 aliphatic rings. The van der Waals surface area contributed by atoms with Crippen LogP contribution in [0.3, 0.4) is 0 Å². The Bertz CT molecular complexity index is 659. The summed E-state index contributed by atoms with van der Waals surface area (Å²) in [7, 11) is 0. The van der Waals surface area contributed by atoms with Crippen LogP contribution in [0.1, 0.15) is 31.9 Å². The van der Waals surface area contributed by atoms with Crippen LogP contribution < -0.4 is 10.9 Å². The van der Waals surface area contributed by atoms with Gasteiger partial charge < -0.3 is 10.3 Å². The number of nitrogens with one attached hydrogen (secondary N) is 2. The maximum Gasteiger partial charge on any atom is 0.251 e. The summed E-state index contributed by atoms with van der Waals surface area (Å²) in [6, 6.07) is 5.40. The van der Waals surface area contributed by atoms with Crippen LogP contribution in [0.2, 0.25) is 0 Å². The zero-order chi connectivity index (χ0) is 14.7.